The van der Waals surface area contributed by atoms with Gasteiger partial charge in [-0.3, -0.25) is 4.79 Å². The van der Waals surface area contributed by atoms with Crippen LogP contribution in [0, 0.1) is 0 Å². The van der Waals surface area contributed by atoms with Crippen molar-refractivity contribution >= 4 is 5.91 Å². The standard InChI is InChI=1S/C12H20N2O3/c13-6-8-2-4-11(17-8)12(15)14-9-5-7-1-3-10(9)16-7/h7-11H,1-6,13H2,(H,14,15). The van der Waals surface area contributed by atoms with Crippen molar-refractivity contribution in [2.75, 3.05) is 6.54 Å². The van der Waals surface area contributed by atoms with Crippen LogP contribution >= 0.6 is 0 Å². The molecule has 3 rings (SSSR count). The van der Waals surface area contributed by atoms with Crippen LogP contribution in [0.3, 0.4) is 0 Å². The van der Waals surface area contributed by atoms with Gasteiger partial charge in [0.15, 0.2) is 0 Å². The van der Waals surface area contributed by atoms with Crippen molar-refractivity contribution in [1.29, 1.82) is 0 Å². The van der Waals surface area contributed by atoms with Gasteiger partial charge in [-0.2, -0.15) is 0 Å². The molecular formula is C12H20N2O3. The number of fused-ring (bicyclic) bond motifs is 2. The van der Waals surface area contributed by atoms with Crippen LogP contribution in [-0.4, -0.2) is 42.9 Å². The zero-order valence-electron chi connectivity index (χ0n) is 9.93. The molecule has 17 heavy (non-hydrogen) atoms. The zero-order valence-corrected chi connectivity index (χ0v) is 9.93. The van der Waals surface area contributed by atoms with Gasteiger partial charge in [0.05, 0.1) is 24.4 Å². The highest BCUT2D eigenvalue weighted by atomic mass is 16.5. The summed E-state index contributed by atoms with van der Waals surface area (Å²) < 4.78 is 11.3. The summed E-state index contributed by atoms with van der Waals surface area (Å²) in [5.41, 5.74) is 5.53. The fraction of sp³-hybridized carbons (Fsp3) is 0.917. The molecule has 5 unspecified atom stereocenters. The first-order valence-corrected chi connectivity index (χ1v) is 6.57. The van der Waals surface area contributed by atoms with E-state index in [-0.39, 0.29) is 30.3 Å². The van der Waals surface area contributed by atoms with Crippen molar-refractivity contribution in [2.24, 2.45) is 5.73 Å². The van der Waals surface area contributed by atoms with E-state index >= 15 is 0 Å². The third-order valence-corrected chi connectivity index (χ3v) is 4.10. The summed E-state index contributed by atoms with van der Waals surface area (Å²) in [5.74, 6) is 0.0158. The largest absolute Gasteiger partial charge is 0.373 e. The third-order valence-electron chi connectivity index (χ3n) is 4.10. The van der Waals surface area contributed by atoms with Gasteiger partial charge in [0, 0.05) is 6.54 Å². The second-order valence-electron chi connectivity index (χ2n) is 5.28. The van der Waals surface area contributed by atoms with Crippen LogP contribution < -0.4 is 11.1 Å². The summed E-state index contributed by atoms with van der Waals surface area (Å²) >= 11 is 0. The molecule has 0 spiro atoms. The Balaban J connectivity index is 1.51. The molecular weight excluding hydrogens is 220 g/mol. The maximum Gasteiger partial charge on any atom is 0.249 e. The molecule has 5 nitrogen and oxygen atoms in total. The monoisotopic (exact) mass is 240 g/mol. The number of nitrogens with two attached hydrogens (primary N) is 1. The zero-order chi connectivity index (χ0) is 11.8. The second kappa shape index (κ2) is 4.55. The molecule has 0 aliphatic carbocycles. The summed E-state index contributed by atoms with van der Waals surface area (Å²) in [6.07, 6.45) is 5.21. The number of amides is 1. The lowest BCUT2D eigenvalue weighted by atomic mass is 9.95. The van der Waals surface area contributed by atoms with Crippen LogP contribution in [0.5, 0.6) is 0 Å². The molecule has 3 aliphatic heterocycles. The Morgan fingerprint density at radius 1 is 1.24 bits per heavy atom. The van der Waals surface area contributed by atoms with Crippen LogP contribution in [0.1, 0.15) is 32.1 Å². The average Bonchev–Trinajstić information content (AvgIpc) is 3.04. The molecule has 0 aromatic carbocycles. The second-order valence-corrected chi connectivity index (χ2v) is 5.28. The molecule has 0 radical (unpaired) electrons. The first-order valence-electron chi connectivity index (χ1n) is 6.57. The molecule has 96 valence electrons. The minimum absolute atomic E-state index is 0.0158. The van der Waals surface area contributed by atoms with Gasteiger partial charge in [0.2, 0.25) is 5.91 Å². The number of ether oxygens (including phenoxy) is 2. The quantitative estimate of drug-likeness (QED) is 0.724. The van der Waals surface area contributed by atoms with Crippen LogP contribution in [0.15, 0.2) is 0 Å². The Hall–Kier alpha value is -0.650. The molecule has 0 aromatic rings. The topological polar surface area (TPSA) is 73.6 Å². The number of rotatable bonds is 3. The van der Waals surface area contributed by atoms with E-state index in [9.17, 15) is 4.79 Å². The van der Waals surface area contributed by atoms with E-state index < -0.39 is 0 Å². The van der Waals surface area contributed by atoms with E-state index in [0.29, 0.717) is 12.6 Å². The Morgan fingerprint density at radius 3 is 2.71 bits per heavy atom. The highest BCUT2D eigenvalue weighted by Crippen LogP contribution is 2.34. The van der Waals surface area contributed by atoms with Gasteiger partial charge in [-0.05, 0) is 32.1 Å². The summed E-state index contributed by atoms with van der Waals surface area (Å²) in [7, 11) is 0. The predicted octanol–water partition coefficient (Wildman–Crippen LogP) is -0.0712. The van der Waals surface area contributed by atoms with E-state index in [2.05, 4.69) is 5.32 Å². The third kappa shape index (κ3) is 2.19. The van der Waals surface area contributed by atoms with Crippen LogP contribution in [-0.2, 0) is 14.3 Å². The number of carbonyl (C=O) groups is 1. The predicted molar refractivity (Wildman–Crippen MR) is 61.4 cm³/mol. The van der Waals surface area contributed by atoms with Crippen molar-refractivity contribution in [3.63, 3.8) is 0 Å². The average molecular weight is 240 g/mol. The number of nitrogens with one attached hydrogen (secondary N) is 1. The van der Waals surface area contributed by atoms with Gasteiger partial charge in [-0.15, -0.1) is 0 Å². The maximum absolute atomic E-state index is 12.0. The van der Waals surface area contributed by atoms with Crippen molar-refractivity contribution in [1.82, 2.24) is 5.32 Å². The van der Waals surface area contributed by atoms with Gasteiger partial charge in [-0.25, -0.2) is 0 Å². The van der Waals surface area contributed by atoms with E-state index in [1.165, 1.54) is 0 Å². The Bertz CT molecular complexity index is 310. The van der Waals surface area contributed by atoms with Crippen molar-refractivity contribution in [3.8, 4) is 0 Å². The van der Waals surface area contributed by atoms with Gasteiger partial charge in [0.1, 0.15) is 6.10 Å². The van der Waals surface area contributed by atoms with E-state index in [0.717, 1.165) is 32.1 Å². The van der Waals surface area contributed by atoms with Gasteiger partial charge < -0.3 is 20.5 Å². The van der Waals surface area contributed by atoms with Crippen molar-refractivity contribution < 1.29 is 14.3 Å². The minimum atomic E-state index is -0.303. The van der Waals surface area contributed by atoms with Gasteiger partial charge >= 0.3 is 0 Å². The van der Waals surface area contributed by atoms with Crippen LogP contribution in [0.4, 0.5) is 0 Å². The molecule has 0 aromatic heterocycles. The molecule has 3 heterocycles. The smallest absolute Gasteiger partial charge is 0.249 e. The van der Waals surface area contributed by atoms with E-state index in [1.54, 1.807) is 0 Å². The first kappa shape index (κ1) is 11.4. The van der Waals surface area contributed by atoms with Crippen LogP contribution in [0.2, 0.25) is 0 Å². The Kier molecular flexibility index (Phi) is 3.06. The maximum atomic E-state index is 12.0. The van der Waals surface area contributed by atoms with Crippen molar-refractivity contribution in [2.45, 2.75) is 62.6 Å². The lowest BCUT2D eigenvalue weighted by molar-refractivity contribution is -0.133. The normalized spacial score (nSPS) is 44.2. The Morgan fingerprint density at radius 2 is 2.12 bits per heavy atom. The fourth-order valence-electron chi connectivity index (χ4n) is 3.14. The summed E-state index contributed by atoms with van der Waals surface area (Å²) in [4.78, 5) is 12.0. The molecule has 3 N–H and O–H groups in total. The molecule has 3 saturated heterocycles. The highest BCUT2D eigenvalue weighted by molar-refractivity contribution is 5.81. The molecule has 5 atom stereocenters. The molecule has 5 heteroatoms. The van der Waals surface area contributed by atoms with Crippen molar-refractivity contribution in [3.05, 3.63) is 0 Å². The molecule has 0 saturated carbocycles. The fourth-order valence-corrected chi connectivity index (χ4v) is 3.14. The number of hydrogen-bond acceptors (Lipinski definition) is 4. The van der Waals surface area contributed by atoms with Gasteiger partial charge in [0.25, 0.3) is 0 Å². The van der Waals surface area contributed by atoms with E-state index in [1.807, 2.05) is 0 Å². The minimum Gasteiger partial charge on any atom is -0.373 e. The lowest BCUT2D eigenvalue weighted by Crippen LogP contribution is -2.46. The highest BCUT2D eigenvalue weighted by Gasteiger charge is 2.42. The van der Waals surface area contributed by atoms with Crippen LogP contribution in [0.25, 0.3) is 0 Å². The number of hydrogen-bond donors (Lipinski definition) is 2. The summed E-state index contributed by atoms with van der Waals surface area (Å²) in [6.45, 7) is 0.501. The molecule has 3 fully saturated rings. The SMILES string of the molecule is NCC1CCC(C(=O)NC2CC3CCC2O3)O1. The Labute approximate surface area is 101 Å². The van der Waals surface area contributed by atoms with E-state index in [4.69, 9.17) is 15.2 Å². The summed E-state index contributed by atoms with van der Waals surface area (Å²) in [5, 5.41) is 3.07. The molecule has 3 aliphatic rings. The van der Waals surface area contributed by atoms with Gasteiger partial charge in [-0.1, -0.05) is 0 Å². The first-order chi connectivity index (χ1) is 8.26. The summed E-state index contributed by atoms with van der Waals surface area (Å²) in [6, 6.07) is 0.196. The lowest BCUT2D eigenvalue weighted by Gasteiger charge is -2.22. The molecule has 1 amide bonds. The number of carbonyl (C=O) groups excluding carboxylic acids is 1. The molecule has 2 bridgehead atoms.